The number of benzene rings is 1. The monoisotopic (exact) mass is 194 g/mol. The first-order chi connectivity index (χ1) is 7.22. The zero-order valence-electron chi connectivity index (χ0n) is 9.25. The molecule has 0 unspecified atom stereocenters. The number of ether oxygens (including phenoxy) is 1. The first kappa shape index (κ1) is 9.06. The Kier molecular flexibility index (Phi) is 3.90. The van der Waals surface area contributed by atoms with Gasteiger partial charge >= 0.3 is 0 Å². The van der Waals surface area contributed by atoms with E-state index in [2.05, 4.69) is 17.0 Å². The maximum absolute atomic E-state index is 10.3. The van der Waals surface area contributed by atoms with E-state index >= 15 is 0 Å². The zero-order chi connectivity index (χ0) is 11.1. The van der Waals surface area contributed by atoms with Crippen molar-refractivity contribution in [2.45, 2.75) is 20.0 Å². The molecule has 0 aliphatic carbocycles. The van der Waals surface area contributed by atoms with E-state index in [0.717, 1.165) is 24.2 Å². The third kappa shape index (κ3) is 3.47. The number of carbonyl (C=O) groups is 1. The van der Waals surface area contributed by atoms with Gasteiger partial charge in [-0.2, -0.15) is 0 Å². The predicted octanol–water partition coefficient (Wildman–Crippen LogP) is 2.18. The van der Waals surface area contributed by atoms with Crippen molar-refractivity contribution in [3.05, 3.63) is 29.8 Å². The van der Waals surface area contributed by atoms with Gasteiger partial charge in [-0.05, 0) is 24.1 Å². The molecular weight excluding hydrogens is 178 g/mol. The summed E-state index contributed by atoms with van der Waals surface area (Å²) in [6, 6.07) is 7.62. The van der Waals surface area contributed by atoms with Crippen LogP contribution in [0.25, 0.3) is 0 Å². The standard InChI is InChI=1S/C11H15NO2/c1-2-7-12-11-5-3-10(4-6-11)8-14-9-13/h3-6,9,12H,2,7-8H2,1H3/i9D. The molecule has 76 valence electrons. The topological polar surface area (TPSA) is 38.3 Å². The lowest BCUT2D eigenvalue weighted by molar-refractivity contribution is -0.129. The van der Waals surface area contributed by atoms with Crippen molar-refractivity contribution in [1.82, 2.24) is 0 Å². The van der Waals surface area contributed by atoms with Gasteiger partial charge in [-0.25, -0.2) is 0 Å². The van der Waals surface area contributed by atoms with E-state index in [1.807, 2.05) is 24.3 Å². The average Bonchev–Trinajstić information content (AvgIpc) is 2.25. The summed E-state index contributed by atoms with van der Waals surface area (Å²) in [4.78, 5) is 10.3. The van der Waals surface area contributed by atoms with Crippen LogP contribution in [0, 0.1) is 0 Å². The summed E-state index contributed by atoms with van der Waals surface area (Å²) in [6.45, 7) is 3.21. The van der Waals surface area contributed by atoms with Crippen LogP contribution < -0.4 is 5.32 Å². The van der Waals surface area contributed by atoms with Crippen molar-refractivity contribution in [2.75, 3.05) is 11.9 Å². The largest absolute Gasteiger partial charge is 0.463 e. The van der Waals surface area contributed by atoms with Crippen molar-refractivity contribution < 1.29 is 10.9 Å². The molecule has 0 atom stereocenters. The Bertz CT molecular complexity index is 311. The van der Waals surface area contributed by atoms with Crippen molar-refractivity contribution >= 4 is 12.1 Å². The van der Waals surface area contributed by atoms with Gasteiger partial charge < -0.3 is 10.1 Å². The van der Waals surface area contributed by atoms with Gasteiger partial charge in [-0.1, -0.05) is 19.1 Å². The van der Waals surface area contributed by atoms with Crippen LogP contribution in [0.15, 0.2) is 24.3 Å². The van der Waals surface area contributed by atoms with Crippen molar-refractivity contribution in [3.63, 3.8) is 0 Å². The molecule has 3 nitrogen and oxygen atoms in total. The molecule has 0 amide bonds. The van der Waals surface area contributed by atoms with Crippen molar-refractivity contribution in [3.8, 4) is 0 Å². The Morgan fingerprint density at radius 2 is 2.21 bits per heavy atom. The predicted molar refractivity (Wildman–Crippen MR) is 56.1 cm³/mol. The van der Waals surface area contributed by atoms with Crippen molar-refractivity contribution in [1.29, 1.82) is 0 Å². The Labute approximate surface area is 85.5 Å². The van der Waals surface area contributed by atoms with Crippen LogP contribution in [0.3, 0.4) is 0 Å². The molecule has 0 heterocycles. The number of hydrogen-bond acceptors (Lipinski definition) is 3. The molecule has 0 fully saturated rings. The molecule has 1 rings (SSSR count). The van der Waals surface area contributed by atoms with Crippen LogP contribution in [0.2, 0.25) is 0 Å². The van der Waals surface area contributed by atoms with Gasteiger partial charge in [0.05, 0.1) is 0 Å². The Balaban J connectivity index is 2.45. The number of hydrogen-bond donors (Lipinski definition) is 1. The second kappa shape index (κ2) is 6.02. The summed E-state index contributed by atoms with van der Waals surface area (Å²) in [7, 11) is 0. The fraction of sp³-hybridized carbons (Fsp3) is 0.364. The molecule has 1 N–H and O–H groups in total. The SMILES string of the molecule is [2H]C(=O)OCc1ccc(NCCC)cc1. The molecule has 0 saturated carbocycles. The maximum atomic E-state index is 10.3. The molecule has 0 radical (unpaired) electrons. The summed E-state index contributed by atoms with van der Waals surface area (Å²) >= 11 is 0. The summed E-state index contributed by atoms with van der Waals surface area (Å²) in [5, 5.41) is 3.24. The van der Waals surface area contributed by atoms with E-state index in [1.165, 1.54) is 0 Å². The van der Waals surface area contributed by atoms with Gasteiger partial charge in [-0.15, -0.1) is 0 Å². The van der Waals surface area contributed by atoms with E-state index in [0.29, 0.717) is 0 Å². The highest BCUT2D eigenvalue weighted by molar-refractivity contribution is 5.44. The van der Waals surface area contributed by atoms with Gasteiger partial charge in [0.25, 0.3) is 6.45 Å². The lowest BCUT2D eigenvalue weighted by Gasteiger charge is -2.05. The van der Waals surface area contributed by atoms with Crippen LogP contribution in [0.1, 0.15) is 20.3 Å². The molecule has 1 aromatic carbocycles. The molecule has 0 saturated heterocycles. The van der Waals surface area contributed by atoms with Gasteiger partial charge in [0.15, 0.2) is 1.37 Å². The first-order valence-corrected chi connectivity index (χ1v) is 4.68. The molecule has 3 heteroatoms. The average molecular weight is 194 g/mol. The maximum Gasteiger partial charge on any atom is 0.293 e. The molecule has 0 aliphatic heterocycles. The highest BCUT2D eigenvalue weighted by Crippen LogP contribution is 2.09. The van der Waals surface area contributed by atoms with Crippen LogP contribution in [-0.4, -0.2) is 13.0 Å². The Morgan fingerprint density at radius 3 is 2.79 bits per heavy atom. The van der Waals surface area contributed by atoms with E-state index in [9.17, 15) is 4.79 Å². The molecule has 0 aliphatic rings. The van der Waals surface area contributed by atoms with Gasteiger partial charge in [-0.3, -0.25) is 4.79 Å². The number of rotatable bonds is 5. The smallest absolute Gasteiger partial charge is 0.293 e. The minimum atomic E-state index is -0.997. The van der Waals surface area contributed by atoms with Crippen LogP contribution in [0.5, 0.6) is 0 Å². The van der Waals surface area contributed by atoms with Gasteiger partial charge in [0, 0.05) is 12.2 Å². The second-order valence-electron chi connectivity index (χ2n) is 3.00. The number of nitrogens with one attached hydrogen (secondary N) is 1. The molecule has 0 bridgehead atoms. The normalized spacial score (nSPS) is 10.5. The third-order valence-corrected chi connectivity index (χ3v) is 1.83. The lowest BCUT2D eigenvalue weighted by atomic mass is 10.2. The lowest BCUT2D eigenvalue weighted by Crippen LogP contribution is -1.99. The molecule has 0 aromatic heterocycles. The van der Waals surface area contributed by atoms with Crippen LogP contribution >= 0.6 is 0 Å². The molecule has 14 heavy (non-hydrogen) atoms. The summed E-state index contributed by atoms with van der Waals surface area (Å²) < 4.78 is 11.1. The van der Waals surface area contributed by atoms with Crippen LogP contribution in [-0.2, 0) is 16.1 Å². The molecular formula is C11H15NO2. The van der Waals surface area contributed by atoms with Crippen LogP contribution in [0.4, 0.5) is 5.69 Å². The summed E-state index contributed by atoms with van der Waals surface area (Å²) in [6.07, 6.45) is 0.0845. The minimum Gasteiger partial charge on any atom is -0.463 e. The first-order valence-electron chi connectivity index (χ1n) is 5.18. The third-order valence-electron chi connectivity index (χ3n) is 1.83. The highest BCUT2D eigenvalue weighted by atomic mass is 16.5. The van der Waals surface area contributed by atoms with Gasteiger partial charge in [0.2, 0.25) is 0 Å². The Hall–Kier alpha value is -1.51. The quantitative estimate of drug-likeness (QED) is 0.730. The highest BCUT2D eigenvalue weighted by Gasteiger charge is 1.93. The fourth-order valence-corrected chi connectivity index (χ4v) is 1.10. The summed E-state index contributed by atoms with van der Waals surface area (Å²) in [5.41, 5.74) is 1.94. The van der Waals surface area contributed by atoms with E-state index in [-0.39, 0.29) is 6.61 Å². The number of carbonyl (C=O) groups excluding carboxylic acids is 1. The fourth-order valence-electron chi connectivity index (χ4n) is 1.10. The van der Waals surface area contributed by atoms with E-state index < -0.39 is 6.45 Å². The van der Waals surface area contributed by atoms with E-state index in [1.54, 1.807) is 0 Å². The van der Waals surface area contributed by atoms with Gasteiger partial charge in [0.1, 0.15) is 6.61 Å². The van der Waals surface area contributed by atoms with E-state index in [4.69, 9.17) is 1.37 Å². The minimum absolute atomic E-state index is 0.163. The number of anilines is 1. The van der Waals surface area contributed by atoms with Crippen molar-refractivity contribution in [2.24, 2.45) is 0 Å². The zero-order valence-corrected chi connectivity index (χ0v) is 8.25. The molecule has 0 spiro atoms. The second-order valence-corrected chi connectivity index (χ2v) is 3.00. The summed E-state index contributed by atoms with van der Waals surface area (Å²) in [5.74, 6) is 0. The Morgan fingerprint density at radius 1 is 1.50 bits per heavy atom. The molecule has 1 aromatic rings.